The minimum atomic E-state index is -0.971. The molecule has 3 heterocycles. The number of anilines is 3. The first-order chi connectivity index (χ1) is 17.3. The van der Waals surface area contributed by atoms with Gasteiger partial charge in [0.1, 0.15) is 6.33 Å². The fourth-order valence-corrected chi connectivity index (χ4v) is 4.33. The number of piperazine rings is 1. The van der Waals surface area contributed by atoms with E-state index in [1.165, 1.54) is 13.0 Å². The van der Waals surface area contributed by atoms with Gasteiger partial charge < -0.3 is 20.3 Å². The normalized spacial score (nSPS) is 13.8. The number of nitrogens with zero attached hydrogens (tertiary/aromatic N) is 4. The average molecular weight is 496 g/mol. The third-order valence-electron chi connectivity index (χ3n) is 6.01. The van der Waals surface area contributed by atoms with Gasteiger partial charge in [0.25, 0.3) is 5.88 Å². The molecule has 2 N–H and O–H groups in total. The first-order valence-corrected chi connectivity index (χ1v) is 11.4. The van der Waals surface area contributed by atoms with Crippen molar-refractivity contribution in [3.05, 3.63) is 65.9 Å². The lowest BCUT2D eigenvalue weighted by Gasteiger charge is -2.29. The Morgan fingerprint density at radius 3 is 2.47 bits per heavy atom. The van der Waals surface area contributed by atoms with E-state index in [9.17, 15) is 9.18 Å². The van der Waals surface area contributed by atoms with Gasteiger partial charge in [0.05, 0.1) is 5.52 Å². The second-order valence-corrected chi connectivity index (χ2v) is 8.43. The lowest BCUT2D eigenvalue weighted by Crippen LogP contribution is -2.43. The molecular weight excluding hydrogens is 473 g/mol. The predicted molar refractivity (Wildman–Crippen MR) is 130 cm³/mol. The Bertz CT molecular complexity index is 1450. The molecule has 0 bridgehead atoms. The van der Waals surface area contributed by atoms with Gasteiger partial charge in [-0.3, -0.25) is 9.36 Å². The van der Waals surface area contributed by atoms with Crippen molar-refractivity contribution in [2.24, 2.45) is 0 Å². The monoisotopic (exact) mass is 496 g/mol. The number of carbonyl (C=O) groups is 1. The Morgan fingerprint density at radius 2 is 1.78 bits per heavy atom. The van der Waals surface area contributed by atoms with Crippen LogP contribution >= 0.6 is 0 Å². The number of aryl methyl sites for hydroxylation is 1. The third kappa shape index (κ3) is 4.33. The van der Waals surface area contributed by atoms with Gasteiger partial charge >= 0.3 is 0 Å². The van der Waals surface area contributed by atoms with E-state index in [4.69, 9.17) is 4.74 Å². The Balaban J connectivity index is 1.40. The molecule has 11 heteroatoms. The van der Waals surface area contributed by atoms with E-state index >= 15 is 8.78 Å². The second kappa shape index (κ2) is 9.50. The quantitative estimate of drug-likeness (QED) is 0.412. The molecule has 2 aromatic heterocycles. The zero-order valence-electron chi connectivity index (χ0n) is 19.6. The largest absolute Gasteiger partial charge is 0.433 e. The molecule has 0 saturated carbocycles. The second-order valence-electron chi connectivity index (χ2n) is 8.43. The third-order valence-corrected chi connectivity index (χ3v) is 6.01. The van der Waals surface area contributed by atoms with Crippen LogP contribution in [0, 0.1) is 24.4 Å². The molecule has 0 spiro atoms. The van der Waals surface area contributed by atoms with Crippen molar-refractivity contribution in [2.45, 2.75) is 13.8 Å². The van der Waals surface area contributed by atoms with E-state index in [-0.39, 0.29) is 16.7 Å². The van der Waals surface area contributed by atoms with Crippen LogP contribution < -0.4 is 20.3 Å². The Kier molecular flexibility index (Phi) is 6.23. The summed E-state index contributed by atoms with van der Waals surface area (Å²) in [4.78, 5) is 21.8. The number of ether oxygens (including phenoxy) is 1. The molecule has 36 heavy (non-hydrogen) atoms. The smallest absolute Gasteiger partial charge is 0.261 e. The van der Waals surface area contributed by atoms with Crippen LogP contribution in [0.3, 0.4) is 0 Å². The van der Waals surface area contributed by atoms with Crippen molar-refractivity contribution in [3.63, 3.8) is 0 Å². The molecule has 1 saturated heterocycles. The summed E-state index contributed by atoms with van der Waals surface area (Å²) in [5, 5.41) is 6.00. The van der Waals surface area contributed by atoms with Gasteiger partial charge in [-0.05, 0) is 37.3 Å². The first kappa shape index (κ1) is 23.6. The van der Waals surface area contributed by atoms with Crippen LogP contribution in [0.4, 0.5) is 30.4 Å². The van der Waals surface area contributed by atoms with Gasteiger partial charge in [0, 0.05) is 61.6 Å². The SMILES string of the molecule is CC(=O)n1c(C)cc2c(F)c(Oc3ncnc(Nc4ccc(N5CCNCC5)cc4)c3F)cc(F)c21. The number of rotatable bonds is 5. The molecule has 186 valence electrons. The van der Waals surface area contributed by atoms with Crippen LogP contribution in [0.2, 0.25) is 0 Å². The number of hydrogen-bond donors (Lipinski definition) is 2. The predicted octanol–water partition coefficient (Wildman–Crippen LogP) is 4.76. The maximum absolute atomic E-state index is 15.2. The lowest BCUT2D eigenvalue weighted by molar-refractivity contribution is 0.0939. The summed E-state index contributed by atoms with van der Waals surface area (Å²) in [5.41, 5.74) is 1.78. The van der Waals surface area contributed by atoms with Gasteiger partial charge in [-0.15, -0.1) is 0 Å². The van der Waals surface area contributed by atoms with Crippen molar-refractivity contribution < 1.29 is 22.7 Å². The van der Waals surface area contributed by atoms with Gasteiger partial charge in [-0.2, -0.15) is 9.37 Å². The van der Waals surface area contributed by atoms with Crippen molar-refractivity contribution >= 4 is 34.0 Å². The highest BCUT2D eigenvalue weighted by Gasteiger charge is 2.23. The molecular formula is C25H23F3N6O2. The van der Waals surface area contributed by atoms with E-state index in [0.717, 1.165) is 48.8 Å². The van der Waals surface area contributed by atoms with Crippen LogP contribution in [0.25, 0.3) is 10.9 Å². The molecule has 8 nitrogen and oxygen atoms in total. The number of aromatic nitrogens is 3. The highest BCUT2D eigenvalue weighted by molar-refractivity contribution is 5.94. The molecule has 4 aromatic rings. The van der Waals surface area contributed by atoms with E-state index in [1.54, 1.807) is 19.1 Å². The molecule has 2 aromatic carbocycles. The van der Waals surface area contributed by atoms with Crippen LogP contribution in [0.15, 0.2) is 42.7 Å². The van der Waals surface area contributed by atoms with Crippen LogP contribution in [-0.4, -0.2) is 46.6 Å². The molecule has 0 unspecified atom stereocenters. The molecule has 5 rings (SSSR count). The van der Waals surface area contributed by atoms with Crippen molar-refractivity contribution in [1.29, 1.82) is 0 Å². The molecule has 0 radical (unpaired) electrons. The van der Waals surface area contributed by atoms with Crippen molar-refractivity contribution in [3.8, 4) is 11.6 Å². The number of fused-ring (bicyclic) bond motifs is 1. The van der Waals surface area contributed by atoms with Crippen LogP contribution in [-0.2, 0) is 0 Å². The molecule has 0 amide bonds. The first-order valence-electron chi connectivity index (χ1n) is 11.4. The summed E-state index contributed by atoms with van der Waals surface area (Å²) in [5.74, 6) is -4.59. The number of benzene rings is 2. The minimum absolute atomic E-state index is 0.157. The number of nitrogens with one attached hydrogen (secondary N) is 2. The van der Waals surface area contributed by atoms with Crippen LogP contribution in [0.5, 0.6) is 11.6 Å². The fraction of sp³-hybridized carbons (Fsp3) is 0.240. The number of carbonyl (C=O) groups excluding carboxylic acids is 1. The lowest BCUT2D eigenvalue weighted by atomic mass is 10.2. The summed E-state index contributed by atoms with van der Waals surface area (Å²) in [7, 11) is 0. The average Bonchev–Trinajstić information content (AvgIpc) is 3.24. The molecule has 1 fully saturated rings. The standard InChI is InChI=1S/C25H23F3N6O2/c1-14-11-18-21(27)20(12-19(26)23(18)34(14)15(2)35)36-25-22(28)24(30-13-31-25)32-16-3-5-17(6-4-16)33-9-7-29-8-10-33/h3-6,11-13,29H,7-10H2,1-2H3,(H,30,31,32). The Hall–Kier alpha value is -4.12. The summed E-state index contributed by atoms with van der Waals surface area (Å²) >= 11 is 0. The zero-order chi connectivity index (χ0) is 25.4. The van der Waals surface area contributed by atoms with E-state index < -0.39 is 35.0 Å². The molecule has 1 aliphatic rings. The topological polar surface area (TPSA) is 84.3 Å². The highest BCUT2D eigenvalue weighted by Crippen LogP contribution is 2.35. The summed E-state index contributed by atoms with van der Waals surface area (Å²) in [6.45, 7) is 6.42. The summed E-state index contributed by atoms with van der Waals surface area (Å²) < 4.78 is 51.5. The summed E-state index contributed by atoms with van der Waals surface area (Å²) in [6.07, 6.45) is 1.05. The minimum Gasteiger partial charge on any atom is -0.433 e. The van der Waals surface area contributed by atoms with Crippen molar-refractivity contribution in [2.75, 3.05) is 36.4 Å². The number of hydrogen-bond acceptors (Lipinski definition) is 7. The fourth-order valence-electron chi connectivity index (χ4n) is 4.33. The van der Waals surface area contributed by atoms with Gasteiger partial charge in [0.2, 0.25) is 11.7 Å². The van der Waals surface area contributed by atoms with Crippen LogP contribution in [0.1, 0.15) is 17.4 Å². The van der Waals surface area contributed by atoms with E-state index in [2.05, 4.69) is 25.5 Å². The van der Waals surface area contributed by atoms with Gasteiger partial charge in [0.15, 0.2) is 23.2 Å². The Labute approximate surface area is 204 Å². The maximum atomic E-state index is 15.2. The van der Waals surface area contributed by atoms with Crippen molar-refractivity contribution in [1.82, 2.24) is 19.9 Å². The maximum Gasteiger partial charge on any atom is 0.261 e. The molecule has 1 aliphatic heterocycles. The Morgan fingerprint density at radius 1 is 1.06 bits per heavy atom. The van der Waals surface area contributed by atoms with Gasteiger partial charge in [-0.1, -0.05) is 0 Å². The van der Waals surface area contributed by atoms with E-state index in [0.29, 0.717) is 11.4 Å². The van der Waals surface area contributed by atoms with Gasteiger partial charge in [-0.25, -0.2) is 13.8 Å². The summed E-state index contributed by atoms with van der Waals surface area (Å²) in [6, 6.07) is 9.53. The highest BCUT2D eigenvalue weighted by atomic mass is 19.1. The molecule has 0 aliphatic carbocycles. The number of halogens is 3. The zero-order valence-corrected chi connectivity index (χ0v) is 19.6. The molecule has 0 atom stereocenters. The van der Waals surface area contributed by atoms with E-state index in [1.807, 2.05) is 12.1 Å².